The molecule has 0 spiro atoms. The van der Waals surface area contributed by atoms with Crippen LogP contribution in [0.2, 0.25) is 0 Å². The van der Waals surface area contributed by atoms with Gasteiger partial charge in [0.05, 0.1) is 15.5 Å². The second-order valence-electron chi connectivity index (χ2n) is 8.42. The van der Waals surface area contributed by atoms with Crippen LogP contribution in [0.15, 0.2) is 74.9 Å². The minimum absolute atomic E-state index is 0.0399. The van der Waals surface area contributed by atoms with Crippen molar-refractivity contribution >= 4 is 35.8 Å². The Bertz CT molecular complexity index is 1330. The second kappa shape index (κ2) is 10.1. The van der Waals surface area contributed by atoms with Crippen LogP contribution < -0.4 is 4.72 Å². The number of sulfonamides is 1. The number of hydrogen-bond donors (Lipinski definition) is 1. The van der Waals surface area contributed by atoms with E-state index in [4.69, 9.17) is 0 Å². The monoisotopic (exact) mass is 549 g/mol. The van der Waals surface area contributed by atoms with Crippen molar-refractivity contribution in [2.24, 2.45) is 0 Å². The van der Waals surface area contributed by atoms with E-state index in [1.165, 1.54) is 0 Å². The summed E-state index contributed by atoms with van der Waals surface area (Å²) in [6.07, 6.45) is 0. The third-order valence-corrected chi connectivity index (χ3v) is 9.62. The van der Waals surface area contributed by atoms with Crippen molar-refractivity contribution in [1.29, 1.82) is 0 Å². The molecule has 3 rings (SSSR count). The number of sulfone groups is 1. The maximum atomic E-state index is 13.2. The van der Waals surface area contributed by atoms with Crippen molar-refractivity contribution in [3.63, 3.8) is 0 Å². The van der Waals surface area contributed by atoms with Gasteiger partial charge in [-0.1, -0.05) is 63.5 Å². The van der Waals surface area contributed by atoms with E-state index in [1.807, 2.05) is 50.2 Å². The highest BCUT2D eigenvalue weighted by molar-refractivity contribution is 9.10. The standard InChI is InChI=1S/C25H28BrNO4S2/c1-17-5-11-24(12-6-17)32(28,29)16-22(21-7-9-23(26)10-8-21)15-27-33(30,31)25-19(3)13-18(2)14-20(25)4/h5-14,22,27H,15-16H2,1-4H3. The first-order chi connectivity index (χ1) is 15.4. The van der Waals surface area contributed by atoms with Crippen molar-refractivity contribution in [3.8, 4) is 0 Å². The number of rotatable bonds is 8. The molecule has 3 aromatic carbocycles. The van der Waals surface area contributed by atoms with E-state index in [-0.39, 0.29) is 22.1 Å². The Hall–Kier alpha value is -2.00. The van der Waals surface area contributed by atoms with Gasteiger partial charge in [0, 0.05) is 16.9 Å². The van der Waals surface area contributed by atoms with E-state index in [9.17, 15) is 16.8 Å². The number of nitrogens with one attached hydrogen (secondary N) is 1. The molecule has 1 N–H and O–H groups in total. The Kier molecular flexibility index (Phi) is 7.84. The molecule has 0 aliphatic carbocycles. The fraction of sp³-hybridized carbons (Fsp3) is 0.280. The van der Waals surface area contributed by atoms with Gasteiger partial charge in [-0.3, -0.25) is 0 Å². The molecular formula is C25H28BrNO4S2. The highest BCUT2D eigenvalue weighted by Crippen LogP contribution is 2.26. The van der Waals surface area contributed by atoms with Crippen molar-refractivity contribution < 1.29 is 16.8 Å². The summed E-state index contributed by atoms with van der Waals surface area (Å²) in [6.45, 7) is 7.31. The second-order valence-corrected chi connectivity index (χ2v) is 13.1. The number of benzene rings is 3. The molecule has 176 valence electrons. The Morgan fingerprint density at radius 3 is 1.88 bits per heavy atom. The highest BCUT2D eigenvalue weighted by Gasteiger charge is 2.26. The number of hydrogen-bond acceptors (Lipinski definition) is 4. The van der Waals surface area contributed by atoms with Gasteiger partial charge in [-0.2, -0.15) is 0 Å². The number of aryl methyl sites for hydroxylation is 4. The summed E-state index contributed by atoms with van der Waals surface area (Å²) in [5.74, 6) is -0.781. The third-order valence-electron chi connectivity index (χ3n) is 5.54. The lowest BCUT2D eigenvalue weighted by Crippen LogP contribution is -2.32. The molecule has 33 heavy (non-hydrogen) atoms. The molecule has 0 aromatic heterocycles. The molecule has 0 bridgehead atoms. The summed E-state index contributed by atoms with van der Waals surface area (Å²) < 4.78 is 56.2. The van der Waals surface area contributed by atoms with Crippen molar-refractivity contribution in [1.82, 2.24) is 4.72 Å². The average molecular weight is 551 g/mol. The van der Waals surface area contributed by atoms with Gasteiger partial charge in [0.25, 0.3) is 0 Å². The van der Waals surface area contributed by atoms with Crippen LogP contribution in [0.5, 0.6) is 0 Å². The van der Waals surface area contributed by atoms with Crippen LogP contribution in [0, 0.1) is 27.7 Å². The Balaban J connectivity index is 1.92. The molecule has 1 unspecified atom stereocenters. The summed E-state index contributed by atoms with van der Waals surface area (Å²) >= 11 is 3.39. The van der Waals surface area contributed by atoms with Gasteiger partial charge < -0.3 is 0 Å². The third kappa shape index (κ3) is 6.32. The Morgan fingerprint density at radius 2 is 1.33 bits per heavy atom. The quantitative estimate of drug-likeness (QED) is 0.417. The van der Waals surface area contributed by atoms with E-state index in [0.717, 1.165) is 21.2 Å². The minimum Gasteiger partial charge on any atom is -0.224 e. The lowest BCUT2D eigenvalue weighted by Gasteiger charge is -2.20. The van der Waals surface area contributed by atoms with Gasteiger partial charge in [-0.25, -0.2) is 21.6 Å². The fourth-order valence-corrected chi connectivity index (χ4v) is 7.37. The zero-order valence-electron chi connectivity index (χ0n) is 19.1. The zero-order chi connectivity index (χ0) is 24.4. The average Bonchev–Trinajstić information content (AvgIpc) is 2.71. The zero-order valence-corrected chi connectivity index (χ0v) is 22.3. The predicted molar refractivity (Wildman–Crippen MR) is 136 cm³/mol. The molecule has 0 aliphatic heterocycles. The summed E-state index contributed by atoms with van der Waals surface area (Å²) in [7, 11) is -7.46. The molecule has 0 saturated carbocycles. The van der Waals surface area contributed by atoms with Crippen LogP contribution in [0.1, 0.15) is 33.7 Å². The molecule has 0 aliphatic rings. The van der Waals surface area contributed by atoms with Gasteiger partial charge in [-0.15, -0.1) is 0 Å². The fourth-order valence-electron chi connectivity index (χ4n) is 3.99. The Morgan fingerprint density at radius 1 is 0.788 bits per heavy atom. The molecule has 5 nitrogen and oxygen atoms in total. The topological polar surface area (TPSA) is 80.3 Å². The summed E-state index contributed by atoms with van der Waals surface area (Å²) in [5, 5.41) is 0. The van der Waals surface area contributed by atoms with Crippen LogP contribution in [0.25, 0.3) is 0 Å². The molecule has 0 fully saturated rings. The molecule has 0 heterocycles. The van der Waals surface area contributed by atoms with E-state index < -0.39 is 25.8 Å². The molecule has 8 heteroatoms. The van der Waals surface area contributed by atoms with Crippen LogP contribution in [-0.2, 0) is 19.9 Å². The maximum absolute atomic E-state index is 13.2. The van der Waals surface area contributed by atoms with Gasteiger partial charge in [-0.05, 0) is 68.7 Å². The first-order valence-corrected chi connectivity index (χ1v) is 14.4. The molecular weight excluding hydrogens is 522 g/mol. The highest BCUT2D eigenvalue weighted by atomic mass is 79.9. The van der Waals surface area contributed by atoms with E-state index in [0.29, 0.717) is 11.1 Å². The van der Waals surface area contributed by atoms with Crippen LogP contribution in [-0.4, -0.2) is 29.1 Å². The SMILES string of the molecule is Cc1ccc(S(=O)(=O)CC(CNS(=O)(=O)c2c(C)cc(C)cc2C)c2ccc(Br)cc2)cc1. The first-order valence-electron chi connectivity index (χ1n) is 10.5. The molecule has 0 radical (unpaired) electrons. The molecule has 1 atom stereocenters. The van der Waals surface area contributed by atoms with Crippen molar-refractivity contribution in [3.05, 3.63) is 93.0 Å². The minimum atomic E-state index is -3.83. The molecule has 3 aromatic rings. The van der Waals surface area contributed by atoms with Gasteiger partial charge in [0.2, 0.25) is 10.0 Å². The van der Waals surface area contributed by atoms with E-state index in [2.05, 4.69) is 20.7 Å². The lowest BCUT2D eigenvalue weighted by molar-refractivity contribution is 0.566. The van der Waals surface area contributed by atoms with Crippen molar-refractivity contribution in [2.75, 3.05) is 12.3 Å². The summed E-state index contributed by atoms with van der Waals surface area (Å²) in [4.78, 5) is 0.465. The van der Waals surface area contributed by atoms with Crippen LogP contribution in [0.3, 0.4) is 0 Å². The number of halogens is 1. The maximum Gasteiger partial charge on any atom is 0.241 e. The van der Waals surface area contributed by atoms with Gasteiger partial charge in [0.1, 0.15) is 0 Å². The Labute approximate surface area is 205 Å². The lowest BCUT2D eigenvalue weighted by atomic mass is 10.0. The predicted octanol–water partition coefficient (Wildman–Crippen LogP) is 5.22. The van der Waals surface area contributed by atoms with Crippen LogP contribution in [0.4, 0.5) is 0 Å². The summed E-state index contributed by atoms with van der Waals surface area (Å²) in [5.41, 5.74) is 4.02. The van der Waals surface area contributed by atoms with E-state index in [1.54, 1.807) is 38.1 Å². The van der Waals surface area contributed by atoms with Gasteiger partial charge in [0.15, 0.2) is 9.84 Å². The van der Waals surface area contributed by atoms with Gasteiger partial charge >= 0.3 is 0 Å². The first kappa shape index (κ1) is 25.6. The molecule has 0 amide bonds. The normalized spacial score (nSPS) is 13.1. The van der Waals surface area contributed by atoms with E-state index >= 15 is 0 Å². The smallest absolute Gasteiger partial charge is 0.224 e. The van der Waals surface area contributed by atoms with Crippen LogP contribution >= 0.6 is 15.9 Å². The molecule has 0 saturated heterocycles. The largest absolute Gasteiger partial charge is 0.241 e. The van der Waals surface area contributed by atoms with Crippen molar-refractivity contribution in [2.45, 2.75) is 43.4 Å². The summed E-state index contributed by atoms with van der Waals surface area (Å²) in [6, 6.07) is 17.6.